The molecule has 0 atom stereocenters. The van der Waals surface area contributed by atoms with E-state index in [2.05, 4.69) is 0 Å². The molecule has 0 aromatic heterocycles. The highest BCUT2D eigenvalue weighted by atomic mass is 35.5. The number of carbonyl (C=O) groups excluding carboxylic acids is 1. The molecule has 0 bridgehead atoms. The lowest BCUT2D eigenvalue weighted by Crippen LogP contribution is -2.10. The van der Waals surface area contributed by atoms with Gasteiger partial charge in [0, 0.05) is 17.5 Å². The van der Waals surface area contributed by atoms with Gasteiger partial charge in [0.15, 0.2) is 17.8 Å². The summed E-state index contributed by atoms with van der Waals surface area (Å²) in [7, 11) is 1.35. The van der Waals surface area contributed by atoms with Crippen molar-refractivity contribution in [1.29, 1.82) is 0 Å². The Kier molecular flexibility index (Phi) is 5.47. The fraction of sp³-hybridized carbons (Fsp3) is 0.417. The Hall–Kier alpha value is -1.43. The van der Waals surface area contributed by atoms with E-state index in [0.717, 1.165) is 0 Å². The molecule has 19 heavy (non-hydrogen) atoms. The maximum absolute atomic E-state index is 12.0. The normalized spacial score (nSPS) is 11.2. The van der Waals surface area contributed by atoms with Crippen LogP contribution in [0.2, 0.25) is 5.02 Å². The summed E-state index contributed by atoms with van der Waals surface area (Å²) in [5.74, 6) is 0.311. The SMILES string of the molecule is COc1cc(Cl)cc(C=O)c1OCCCC(F)(F)F. The molecule has 0 aliphatic rings. The van der Waals surface area contributed by atoms with E-state index in [1.165, 1.54) is 19.2 Å². The van der Waals surface area contributed by atoms with Crippen molar-refractivity contribution in [3.05, 3.63) is 22.7 Å². The third kappa shape index (κ3) is 4.98. The molecule has 0 amide bonds. The molecule has 0 spiro atoms. The summed E-state index contributed by atoms with van der Waals surface area (Å²) in [4.78, 5) is 10.9. The molecule has 0 saturated heterocycles. The highest BCUT2D eigenvalue weighted by Gasteiger charge is 2.26. The average molecular weight is 297 g/mol. The van der Waals surface area contributed by atoms with Gasteiger partial charge in [-0.1, -0.05) is 11.6 Å². The first kappa shape index (κ1) is 15.6. The van der Waals surface area contributed by atoms with Gasteiger partial charge in [0.1, 0.15) is 0 Å². The van der Waals surface area contributed by atoms with Gasteiger partial charge in [-0.3, -0.25) is 4.79 Å². The highest BCUT2D eigenvalue weighted by Crippen LogP contribution is 2.34. The van der Waals surface area contributed by atoms with Gasteiger partial charge in [-0.25, -0.2) is 0 Å². The van der Waals surface area contributed by atoms with Crippen molar-refractivity contribution in [2.75, 3.05) is 13.7 Å². The third-order valence-corrected chi connectivity index (χ3v) is 2.46. The second-order valence-electron chi connectivity index (χ2n) is 3.71. The first-order valence-electron chi connectivity index (χ1n) is 5.39. The Labute approximate surface area is 113 Å². The van der Waals surface area contributed by atoms with E-state index in [4.69, 9.17) is 21.1 Å². The molecule has 0 aliphatic heterocycles. The number of hydrogen-bond acceptors (Lipinski definition) is 3. The number of aldehydes is 1. The van der Waals surface area contributed by atoms with Crippen molar-refractivity contribution in [2.45, 2.75) is 19.0 Å². The number of rotatable bonds is 6. The molecule has 0 saturated carbocycles. The van der Waals surface area contributed by atoms with Crippen LogP contribution in [-0.4, -0.2) is 26.2 Å². The molecular formula is C12H12ClF3O3. The maximum atomic E-state index is 12.0. The van der Waals surface area contributed by atoms with Crippen molar-refractivity contribution in [3.63, 3.8) is 0 Å². The van der Waals surface area contributed by atoms with Gasteiger partial charge in [0.25, 0.3) is 0 Å². The lowest BCUT2D eigenvalue weighted by Gasteiger charge is -2.13. The van der Waals surface area contributed by atoms with Gasteiger partial charge in [0.2, 0.25) is 0 Å². The summed E-state index contributed by atoms with van der Waals surface area (Å²) in [5, 5.41) is 0.279. The summed E-state index contributed by atoms with van der Waals surface area (Å²) < 4.78 is 46.1. The van der Waals surface area contributed by atoms with E-state index in [-0.39, 0.29) is 35.1 Å². The number of carbonyl (C=O) groups is 1. The minimum absolute atomic E-state index is 0.101. The molecular weight excluding hydrogens is 285 g/mol. The summed E-state index contributed by atoms with van der Waals surface area (Å²) in [6.07, 6.45) is -4.86. The second kappa shape index (κ2) is 6.65. The molecule has 1 aromatic carbocycles. The van der Waals surface area contributed by atoms with Crippen LogP contribution in [-0.2, 0) is 0 Å². The van der Waals surface area contributed by atoms with Gasteiger partial charge < -0.3 is 9.47 Å². The van der Waals surface area contributed by atoms with Crippen molar-refractivity contribution in [1.82, 2.24) is 0 Å². The number of alkyl halides is 3. The molecule has 3 nitrogen and oxygen atoms in total. The molecule has 1 aromatic rings. The Bertz CT molecular complexity index is 447. The fourth-order valence-corrected chi connectivity index (χ4v) is 1.65. The monoisotopic (exact) mass is 296 g/mol. The van der Waals surface area contributed by atoms with Crippen LogP contribution in [0.3, 0.4) is 0 Å². The van der Waals surface area contributed by atoms with Crippen LogP contribution in [0.25, 0.3) is 0 Å². The summed E-state index contributed by atoms with van der Waals surface area (Å²) in [6.45, 7) is -0.168. The van der Waals surface area contributed by atoms with Gasteiger partial charge in [-0.05, 0) is 12.5 Å². The number of halogens is 4. The van der Waals surface area contributed by atoms with E-state index >= 15 is 0 Å². The van der Waals surface area contributed by atoms with Crippen molar-refractivity contribution < 1.29 is 27.4 Å². The van der Waals surface area contributed by atoms with E-state index < -0.39 is 12.6 Å². The van der Waals surface area contributed by atoms with E-state index in [9.17, 15) is 18.0 Å². The van der Waals surface area contributed by atoms with E-state index in [0.29, 0.717) is 6.29 Å². The molecule has 0 heterocycles. The largest absolute Gasteiger partial charge is 0.493 e. The molecule has 0 N–H and O–H groups in total. The number of hydrogen-bond donors (Lipinski definition) is 0. The highest BCUT2D eigenvalue weighted by molar-refractivity contribution is 6.31. The van der Waals surface area contributed by atoms with E-state index in [1.54, 1.807) is 0 Å². The zero-order valence-electron chi connectivity index (χ0n) is 10.1. The molecule has 1 rings (SSSR count). The van der Waals surface area contributed by atoms with Crippen LogP contribution >= 0.6 is 11.6 Å². The van der Waals surface area contributed by atoms with Crippen molar-refractivity contribution in [2.24, 2.45) is 0 Å². The Balaban J connectivity index is 2.74. The minimum atomic E-state index is -4.22. The van der Waals surface area contributed by atoms with Crippen LogP contribution in [0.4, 0.5) is 13.2 Å². The Morgan fingerprint density at radius 1 is 1.37 bits per heavy atom. The smallest absolute Gasteiger partial charge is 0.389 e. The van der Waals surface area contributed by atoms with Gasteiger partial charge in [0.05, 0.1) is 19.3 Å². The fourth-order valence-electron chi connectivity index (χ4n) is 1.43. The maximum Gasteiger partial charge on any atom is 0.389 e. The topological polar surface area (TPSA) is 35.5 Å². The lowest BCUT2D eigenvalue weighted by atomic mass is 10.2. The van der Waals surface area contributed by atoms with Crippen LogP contribution in [0.5, 0.6) is 11.5 Å². The van der Waals surface area contributed by atoms with Gasteiger partial charge >= 0.3 is 6.18 Å². The zero-order valence-corrected chi connectivity index (χ0v) is 10.8. The molecule has 0 unspecified atom stereocenters. The van der Waals surface area contributed by atoms with Gasteiger partial charge in [-0.2, -0.15) is 13.2 Å². The quantitative estimate of drug-likeness (QED) is 0.590. The lowest BCUT2D eigenvalue weighted by molar-refractivity contribution is -0.136. The molecule has 0 aliphatic carbocycles. The summed E-state index contributed by atoms with van der Waals surface area (Å²) >= 11 is 5.76. The summed E-state index contributed by atoms with van der Waals surface area (Å²) in [6, 6.07) is 2.78. The van der Waals surface area contributed by atoms with Crippen LogP contribution in [0.15, 0.2) is 12.1 Å². The Morgan fingerprint density at radius 3 is 2.58 bits per heavy atom. The first-order valence-corrected chi connectivity index (χ1v) is 5.77. The molecule has 106 valence electrons. The predicted octanol–water partition coefficient (Wildman–Crippen LogP) is 3.88. The van der Waals surface area contributed by atoms with E-state index in [1.807, 2.05) is 0 Å². The molecule has 7 heteroatoms. The van der Waals surface area contributed by atoms with Crippen molar-refractivity contribution >= 4 is 17.9 Å². The zero-order chi connectivity index (χ0) is 14.5. The second-order valence-corrected chi connectivity index (χ2v) is 4.15. The first-order chi connectivity index (χ1) is 8.87. The number of benzene rings is 1. The standard InChI is InChI=1S/C12H12ClF3O3/c1-18-10-6-9(13)5-8(7-17)11(10)19-4-2-3-12(14,15)16/h5-7H,2-4H2,1H3. The summed E-state index contributed by atoms with van der Waals surface area (Å²) in [5.41, 5.74) is 0.136. The minimum Gasteiger partial charge on any atom is -0.493 e. The Morgan fingerprint density at radius 2 is 2.05 bits per heavy atom. The molecule has 0 fully saturated rings. The molecule has 0 radical (unpaired) electrons. The third-order valence-electron chi connectivity index (χ3n) is 2.25. The van der Waals surface area contributed by atoms with Crippen LogP contribution in [0, 0.1) is 0 Å². The van der Waals surface area contributed by atoms with Gasteiger partial charge in [-0.15, -0.1) is 0 Å². The predicted molar refractivity (Wildman–Crippen MR) is 64.2 cm³/mol. The number of ether oxygens (including phenoxy) is 2. The average Bonchev–Trinajstić information content (AvgIpc) is 2.33. The van der Waals surface area contributed by atoms with Crippen LogP contribution in [0.1, 0.15) is 23.2 Å². The van der Waals surface area contributed by atoms with Crippen molar-refractivity contribution in [3.8, 4) is 11.5 Å². The number of methoxy groups -OCH3 is 1. The van der Waals surface area contributed by atoms with Crippen LogP contribution < -0.4 is 9.47 Å².